The van der Waals surface area contributed by atoms with Crippen LogP contribution in [0.5, 0.6) is 0 Å². The Morgan fingerprint density at radius 2 is 2.00 bits per heavy atom. The molecule has 1 fully saturated rings. The molecule has 118 valence electrons. The van der Waals surface area contributed by atoms with Gasteiger partial charge in [-0.1, -0.05) is 48.8 Å². The molecule has 21 heavy (non-hydrogen) atoms. The predicted octanol–water partition coefficient (Wildman–Crippen LogP) is 4.74. The summed E-state index contributed by atoms with van der Waals surface area (Å²) in [6, 6.07) is 9.21. The van der Waals surface area contributed by atoms with E-state index in [9.17, 15) is 0 Å². The van der Waals surface area contributed by atoms with E-state index in [2.05, 4.69) is 65.9 Å². The number of likely N-dealkylation sites (tertiary alicyclic amines) is 1. The lowest BCUT2D eigenvalue weighted by molar-refractivity contribution is 0.172. The van der Waals surface area contributed by atoms with Crippen molar-refractivity contribution < 1.29 is 0 Å². The SMILES string of the molecule is CCC(N)C(c1cccc(Br)c1)N1CCC(CC)(CC)C1. The van der Waals surface area contributed by atoms with Crippen LogP contribution < -0.4 is 5.73 Å². The van der Waals surface area contributed by atoms with Gasteiger partial charge in [-0.05, 0) is 55.3 Å². The Kier molecular flexibility index (Phi) is 5.87. The second-order valence-corrected chi connectivity index (χ2v) is 7.42. The Labute approximate surface area is 138 Å². The monoisotopic (exact) mass is 352 g/mol. The summed E-state index contributed by atoms with van der Waals surface area (Å²) in [6.45, 7) is 9.22. The van der Waals surface area contributed by atoms with E-state index in [0.29, 0.717) is 11.5 Å². The topological polar surface area (TPSA) is 29.3 Å². The van der Waals surface area contributed by atoms with Crippen LogP contribution in [0.2, 0.25) is 0 Å². The van der Waals surface area contributed by atoms with Gasteiger partial charge in [-0.2, -0.15) is 0 Å². The third-order valence-corrected chi connectivity index (χ3v) is 5.92. The fourth-order valence-corrected chi connectivity index (χ4v) is 4.09. The molecule has 1 aliphatic heterocycles. The van der Waals surface area contributed by atoms with Crippen LogP contribution >= 0.6 is 15.9 Å². The smallest absolute Gasteiger partial charge is 0.0499 e. The average Bonchev–Trinajstić information content (AvgIpc) is 2.92. The fraction of sp³-hybridized carbons (Fsp3) is 0.667. The van der Waals surface area contributed by atoms with Crippen LogP contribution in [0.25, 0.3) is 0 Å². The molecule has 2 atom stereocenters. The van der Waals surface area contributed by atoms with Gasteiger partial charge in [-0.15, -0.1) is 0 Å². The minimum Gasteiger partial charge on any atom is -0.326 e. The van der Waals surface area contributed by atoms with Crippen LogP contribution in [0, 0.1) is 5.41 Å². The molecule has 2 N–H and O–H groups in total. The molecule has 0 amide bonds. The van der Waals surface area contributed by atoms with Crippen molar-refractivity contribution in [2.24, 2.45) is 11.1 Å². The second-order valence-electron chi connectivity index (χ2n) is 6.50. The minimum absolute atomic E-state index is 0.198. The number of rotatable bonds is 6. The Morgan fingerprint density at radius 1 is 1.29 bits per heavy atom. The van der Waals surface area contributed by atoms with Crippen LogP contribution in [0.15, 0.2) is 28.7 Å². The summed E-state index contributed by atoms with van der Waals surface area (Å²) >= 11 is 3.60. The summed E-state index contributed by atoms with van der Waals surface area (Å²) in [4.78, 5) is 2.63. The van der Waals surface area contributed by atoms with Crippen molar-refractivity contribution in [3.05, 3.63) is 34.3 Å². The van der Waals surface area contributed by atoms with Crippen LogP contribution in [0.3, 0.4) is 0 Å². The Morgan fingerprint density at radius 3 is 2.52 bits per heavy atom. The normalized spacial score (nSPS) is 21.4. The molecule has 2 nitrogen and oxygen atoms in total. The Hall–Kier alpha value is -0.380. The number of halogens is 1. The molecule has 2 rings (SSSR count). The zero-order valence-electron chi connectivity index (χ0n) is 13.6. The summed E-state index contributed by atoms with van der Waals surface area (Å²) in [5, 5.41) is 0. The maximum Gasteiger partial charge on any atom is 0.0499 e. The highest BCUT2D eigenvalue weighted by Gasteiger charge is 2.39. The van der Waals surface area contributed by atoms with E-state index < -0.39 is 0 Å². The number of nitrogens with zero attached hydrogens (tertiary/aromatic N) is 1. The van der Waals surface area contributed by atoms with Gasteiger partial charge < -0.3 is 5.73 Å². The Balaban J connectivity index is 2.26. The van der Waals surface area contributed by atoms with E-state index in [0.717, 1.165) is 10.9 Å². The molecule has 0 radical (unpaired) electrons. The van der Waals surface area contributed by atoms with Crippen molar-refractivity contribution in [3.63, 3.8) is 0 Å². The molecule has 0 aromatic heterocycles. The van der Waals surface area contributed by atoms with Gasteiger partial charge in [0.2, 0.25) is 0 Å². The molecule has 2 unspecified atom stereocenters. The highest BCUT2D eigenvalue weighted by atomic mass is 79.9. The molecule has 1 aromatic rings. The fourth-order valence-electron chi connectivity index (χ4n) is 3.68. The van der Waals surface area contributed by atoms with Gasteiger partial charge in [0.1, 0.15) is 0 Å². The lowest BCUT2D eigenvalue weighted by Crippen LogP contribution is -2.40. The van der Waals surface area contributed by atoms with Gasteiger partial charge in [0.05, 0.1) is 0 Å². The first-order chi connectivity index (χ1) is 10.0. The first kappa shape index (κ1) is 17.0. The summed E-state index contributed by atoms with van der Waals surface area (Å²) < 4.78 is 1.14. The highest BCUT2D eigenvalue weighted by Crippen LogP contribution is 2.41. The lowest BCUT2D eigenvalue weighted by atomic mass is 9.82. The molecule has 0 saturated carbocycles. The van der Waals surface area contributed by atoms with Gasteiger partial charge >= 0.3 is 0 Å². The van der Waals surface area contributed by atoms with Crippen LogP contribution in [0.4, 0.5) is 0 Å². The van der Waals surface area contributed by atoms with Crippen molar-refractivity contribution in [2.45, 2.75) is 58.5 Å². The first-order valence-corrected chi connectivity index (χ1v) is 9.09. The second kappa shape index (κ2) is 7.26. The molecule has 0 bridgehead atoms. The average molecular weight is 353 g/mol. The van der Waals surface area contributed by atoms with Crippen LogP contribution in [-0.4, -0.2) is 24.0 Å². The van der Waals surface area contributed by atoms with Gasteiger partial charge in [0, 0.05) is 23.1 Å². The maximum atomic E-state index is 6.49. The zero-order valence-corrected chi connectivity index (χ0v) is 15.2. The lowest BCUT2D eigenvalue weighted by Gasteiger charge is -2.35. The van der Waals surface area contributed by atoms with Crippen molar-refractivity contribution in [2.75, 3.05) is 13.1 Å². The van der Waals surface area contributed by atoms with Gasteiger partial charge in [-0.25, -0.2) is 0 Å². The van der Waals surface area contributed by atoms with E-state index in [1.807, 2.05) is 0 Å². The Bertz CT molecular complexity index is 456. The highest BCUT2D eigenvalue weighted by molar-refractivity contribution is 9.10. The maximum absolute atomic E-state index is 6.49. The molecular weight excluding hydrogens is 324 g/mol. The quantitative estimate of drug-likeness (QED) is 0.800. The molecule has 0 spiro atoms. The minimum atomic E-state index is 0.198. The van der Waals surface area contributed by atoms with E-state index in [4.69, 9.17) is 5.73 Å². The summed E-state index contributed by atoms with van der Waals surface area (Å²) in [7, 11) is 0. The first-order valence-electron chi connectivity index (χ1n) is 8.30. The van der Waals surface area contributed by atoms with Gasteiger partial charge in [-0.3, -0.25) is 4.90 Å². The number of nitrogens with two attached hydrogens (primary N) is 1. The van der Waals surface area contributed by atoms with Crippen LogP contribution in [-0.2, 0) is 0 Å². The summed E-state index contributed by atoms with van der Waals surface area (Å²) in [5.41, 5.74) is 8.34. The van der Waals surface area contributed by atoms with Crippen molar-refractivity contribution in [3.8, 4) is 0 Å². The van der Waals surface area contributed by atoms with E-state index in [1.165, 1.54) is 37.9 Å². The van der Waals surface area contributed by atoms with E-state index in [1.54, 1.807) is 0 Å². The number of hydrogen-bond acceptors (Lipinski definition) is 2. The van der Waals surface area contributed by atoms with Gasteiger partial charge in [0.15, 0.2) is 0 Å². The van der Waals surface area contributed by atoms with Crippen molar-refractivity contribution in [1.82, 2.24) is 4.90 Å². The molecule has 1 heterocycles. The largest absolute Gasteiger partial charge is 0.326 e. The molecule has 1 saturated heterocycles. The number of hydrogen-bond donors (Lipinski definition) is 1. The van der Waals surface area contributed by atoms with E-state index in [-0.39, 0.29) is 6.04 Å². The molecular formula is C18H29BrN2. The van der Waals surface area contributed by atoms with Crippen molar-refractivity contribution in [1.29, 1.82) is 0 Å². The zero-order chi connectivity index (χ0) is 15.5. The summed E-state index contributed by atoms with van der Waals surface area (Å²) in [6.07, 6.45) is 4.86. The molecule has 0 aliphatic carbocycles. The third-order valence-electron chi connectivity index (χ3n) is 5.43. The van der Waals surface area contributed by atoms with Crippen molar-refractivity contribution >= 4 is 15.9 Å². The predicted molar refractivity (Wildman–Crippen MR) is 94.4 cm³/mol. The van der Waals surface area contributed by atoms with E-state index >= 15 is 0 Å². The molecule has 1 aromatic carbocycles. The number of benzene rings is 1. The third kappa shape index (κ3) is 3.69. The summed E-state index contributed by atoms with van der Waals surface area (Å²) in [5.74, 6) is 0. The molecule has 1 aliphatic rings. The van der Waals surface area contributed by atoms with Crippen LogP contribution in [0.1, 0.15) is 58.1 Å². The molecule has 3 heteroatoms. The van der Waals surface area contributed by atoms with Gasteiger partial charge in [0.25, 0.3) is 0 Å². The standard InChI is InChI=1S/C18H29BrN2/c1-4-16(20)17(14-8-7-9-15(19)12-14)21-11-10-18(5-2,6-3)13-21/h7-9,12,16-17H,4-6,10-11,13,20H2,1-3H3.